The van der Waals surface area contributed by atoms with Crippen LogP contribution < -0.4 is 15.2 Å². The summed E-state index contributed by atoms with van der Waals surface area (Å²) in [5.74, 6) is 2.26. The van der Waals surface area contributed by atoms with Gasteiger partial charge in [-0.05, 0) is 85.7 Å². The van der Waals surface area contributed by atoms with Crippen LogP contribution in [-0.2, 0) is 0 Å². The number of para-hydroxylation sites is 1. The number of aromatic nitrogens is 4. The van der Waals surface area contributed by atoms with Gasteiger partial charge in [0.2, 0.25) is 0 Å². The molecule has 6 aromatic rings. The molecule has 0 bridgehead atoms. The van der Waals surface area contributed by atoms with E-state index in [9.17, 15) is 25.0 Å². The third-order valence-electron chi connectivity index (χ3n) is 10.7. The van der Waals surface area contributed by atoms with Crippen LogP contribution in [0.3, 0.4) is 0 Å². The van der Waals surface area contributed by atoms with Crippen molar-refractivity contribution in [3.63, 3.8) is 0 Å². The molecule has 0 spiro atoms. The maximum absolute atomic E-state index is 13.5. The monoisotopic (exact) mass is 769 g/mol. The van der Waals surface area contributed by atoms with Crippen LogP contribution in [0.2, 0.25) is 0 Å². The van der Waals surface area contributed by atoms with Gasteiger partial charge in [0.05, 0.1) is 27.3 Å². The lowest BCUT2D eigenvalue weighted by atomic mass is 9.86. The van der Waals surface area contributed by atoms with Gasteiger partial charge in [0.1, 0.15) is 35.1 Å². The number of ether oxygens (including phenoxy) is 2. The molecule has 2 aliphatic heterocycles. The molecule has 16 heteroatoms. The molecule has 2 N–H and O–H groups in total. The molecule has 0 saturated carbocycles. The molecule has 4 aromatic carbocycles. The predicted molar refractivity (Wildman–Crippen MR) is 211 cm³/mol. The second-order valence-corrected chi connectivity index (χ2v) is 14.3. The standard InChI is InChI=1S/C41H39N9O7/c42-39-37-38(29-8-14-34(15-9-29)56-33-4-2-1-3-5-33)45-48(40(37)44-26-43-39)30-19-21-46(22-20-30)25-27-18-23-47(36(24-27)28-6-10-31(11-7-28)49(52)53)41(51)57-35-16-12-32(13-17-35)50(54)55/h1-17,26-27,30,36H,18-25H2,(H2,42,43,44). The number of nitrogens with two attached hydrogens (primary N) is 1. The van der Waals surface area contributed by atoms with Gasteiger partial charge in [-0.1, -0.05) is 30.3 Å². The Bertz CT molecular complexity index is 2380. The van der Waals surface area contributed by atoms with Crippen LogP contribution in [-0.4, -0.2) is 71.7 Å². The van der Waals surface area contributed by atoms with Gasteiger partial charge in [-0.2, -0.15) is 5.10 Å². The van der Waals surface area contributed by atoms with E-state index in [0.29, 0.717) is 41.3 Å². The number of hydrogen-bond acceptors (Lipinski definition) is 12. The lowest BCUT2D eigenvalue weighted by Gasteiger charge is -2.41. The lowest BCUT2D eigenvalue weighted by molar-refractivity contribution is -0.385. The van der Waals surface area contributed by atoms with E-state index >= 15 is 0 Å². The summed E-state index contributed by atoms with van der Waals surface area (Å²) in [6, 6.07) is 28.7. The second kappa shape index (κ2) is 16.0. The number of non-ortho nitro benzene ring substituents is 2. The molecule has 2 fully saturated rings. The largest absolute Gasteiger partial charge is 0.457 e. The van der Waals surface area contributed by atoms with Crippen molar-refractivity contribution in [2.24, 2.45) is 5.92 Å². The SMILES string of the molecule is Nc1ncnc2c1c(-c1ccc(Oc3ccccc3)cc1)nn2C1CCN(CC2CCN(C(=O)Oc3ccc([N+](=O)[O-])cc3)C(c3ccc([N+](=O)[O-])cc3)C2)CC1. The van der Waals surface area contributed by atoms with Gasteiger partial charge in [-0.3, -0.25) is 20.2 Å². The van der Waals surface area contributed by atoms with Crippen molar-refractivity contribution in [1.82, 2.24) is 29.5 Å². The summed E-state index contributed by atoms with van der Waals surface area (Å²) in [7, 11) is 0. The summed E-state index contributed by atoms with van der Waals surface area (Å²) in [6.45, 7) is 2.90. The molecule has 0 radical (unpaired) electrons. The molecule has 2 aliphatic rings. The zero-order chi connectivity index (χ0) is 39.5. The number of nitro groups is 2. The van der Waals surface area contributed by atoms with Gasteiger partial charge >= 0.3 is 6.09 Å². The smallest absolute Gasteiger partial charge is 0.415 e. The number of nitrogen functional groups attached to an aromatic ring is 1. The van der Waals surface area contributed by atoms with Crippen LogP contribution in [0.5, 0.6) is 17.2 Å². The van der Waals surface area contributed by atoms with E-state index in [4.69, 9.17) is 20.3 Å². The second-order valence-electron chi connectivity index (χ2n) is 14.3. The highest BCUT2D eigenvalue weighted by Crippen LogP contribution is 2.38. The molecule has 16 nitrogen and oxygen atoms in total. The van der Waals surface area contributed by atoms with E-state index in [2.05, 4.69) is 14.9 Å². The van der Waals surface area contributed by atoms with Crippen LogP contribution in [0.25, 0.3) is 22.3 Å². The number of nitro benzene ring substituents is 2. The van der Waals surface area contributed by atoms with Crippen LogP contribution in [0, 0.1) is 26.1 Å². The Kier molecular flexibility index (Phi) is 10.4. The third kappa shape index (κ3) is 8.07. The van der Waals surface area contributed by atoms with Crippen molar-refractivity contribution in [1.29, 1.82) is 0 Å². The number of carbonyl (C=O) groups is 1. The molecule has 4 heterocycles. The Labute approximate surface area is 326 Å². The van der Waals surface area contributed by atoms with E-state index in [1.807, 2.05) is 59.3 Å². The van der Waals surface area contributed by atoms with Crippen LogP contribution >= 0.6 is 0 Å². The van der Waals surface area contributed by atoms with Crippen molar-refractivity contribution in [3.8, 4) is 28.5 Å². The fraction of sp³-hybridized carbons (Fsp3) is 0.268. The van der Waals surface area contributed by atoms with Crippen molar-refractivity contribution in [2.75, 3.05) is 31.9 Å². The van der Waals surface area contributed by atoms with Gasteiger partial charge < -0.3 is 25.0 Å². The number of rotatable bonds is 10. The average Bonchev–Trinajstić information content (AvgIpc) is 3.63. The molecule has 1 amide bonds. The Morgan fingerprint density at radius 2 is 1.40 bits per heavy atom. The van der Waals surface area contributed by atoms with Crippen molar-refractivity contribution in [2.45, 2.75) is 37.8 Å². The van der Waals surface area contributed by atoms with E-state index in [1.54, 1.807) is 17.0 Å². The first-order chi connectivity index (χ1) is 27.7. The van der Waals surface area contributed by atoms with E-state index in [0.717, 1.165) is 55.8 Å². The zero-order valence-electron chi connectivity index (χ0n) is 30.8. The molecule has 8 rings (SSSR count). The topological polar surface area (TPSA) is 198 Å². The van der Waals surface area contributed by atoms with Gasteiger partial charge in [0.15, 0.2) is 5.65 Å². The molecular formula is C41H39N9O7. The number of hydrogen-bond donors (Lipinski definition) is 1. The summed E-state index contributed by atoms with van der Waals surface area (Å²) in [5.41, 5.74) is 9.34. The lowest BCUT2D eigenvalue weighted by Crippen LogP contribution is -2.46. The molecule has 57 heavy (non-hydrogen) atoms. The number of carbonyl (C=O) groups excluding carboxylic acids is 1. The first kappa shape index (κ1) is 37.0. The van der Waals surface area contributed by atoms with Crippen LogP contribution in [0.4, 0.5) is 22.0 Å². The van der Waals surface area contributed by atoms with Crippen LogP contribution in [0.1, 0.15) is 43.3 Å². The minimum atomic E-state index is -0.585. The Hall–Kier alpha value is -6.94. The first-order valence-electron chi connectivity index (χ1n) is 18.7. The maximum atomic E-state index is 13.5. The molecule has 2 aromatic heterocycles. The van der Waals surface area contributed by atoms with Crippen LogP contribution in [0.15, 0.2) is 109 Å². The Morgan fingerprint density at radius 1 is 0.772 bits per heavy atom. The number of likely N-dealkylation sites (tertiary alicyclic amines) is 2. The Balaban J connectivity index is 0.944. The predicted octanol–water partition coefficient (Wildman–Crippen LogP) is 7.97. The van der Waals surface area contributed by atoms with E-state index < -0.39 is 15.9 Å². The molecule has 290 valence electrons. The van der Waals surface area contributed by atoms with E-state index in [1.165, 1.54) is 42.7 Å². The molecule has 0 aliphatic carbocycles. The fourth-order valence-electron chi connectivity index (χ4n) is 7.82. The molecule has 2 saturated heterocycles. The highest BCUT2D eigenvalue weighted by molar-refractivity contribution is 5.98. The molecule has 2 unspecified atom stereocenters. The summed E-state index contributed by atoms with van der Waals surface area (Å²) >= 11 is 0. The van der Waals surface area contributed by atoms with Crippen molar-refractivity contribution < 1.29 is 24.1 Å². The number of piperidine rings is 2. The normalized spacial score (nSPS) is 17.6. The minimum absolute atomic E-state index is 0.0356. The molecule has 2 atom stereocenters. The third-order valence-corrected chi connectivity index (χ3v) is 10.7. The number of benzene rings is 4. The molecular weight excluding hydrogens is 731 g/mol. The van der Waals surface area contributed by atoms with Crippen molar-refractivity contribution in [3.05, 3.63) is 135 Å². The van der Waals surface area contributed by atoms with Gasteiger partial charge in [-0.25, -0.2) is 19.4 Å². The zero-order valence-corrected chi connectivity index (χ0v) is 30.8. The number of amides is 1. The van der Waals surface area contributed by atoms with Gasteiger partial charge in [0, 0.05) is 56.0 Å². The van der Waals surface area contributed by atoms with Crippen molar-refractivity contribution >= 4 is 34.3 Å². The highest BCUT2D eigenvalue weighted by Gasteiger charge is 2.36. The fourth-order valence-corrected chi connectivity index (χ4v) is 7.82. The minimum Gasteiger partial charge on any atom is -0.457 e. The quantitative estimate of drug-likeness (QED) is 0.104. The maximum Gasteiger partial charge on any atom is 0.415 e. The summed E-state index contributed by atoms with van der Waals surface area (Å²) in [4.78, 5) is 48.0. The number of nitrogens with zero attached hydrogens (tertiary/aromatic N) is 8. The van der Waals surface area contributed by atoms with Gasteiger partial charge in [-0.15, -0.1) is 0 Å². The number of fused-ring (bicyclic) bond motifs is 1. The summed E-state index contributed by atoms with van der Waals surface area (Å²) < 4.78 is 13.6. The summed E-state index contributed by atoms with van der Waals surface area (Å²) in [6.07, 6.45) is 3.94. The Morgan fingerprint density at radius 3 is 2.07 bits per heavy atom. The van der Waals surface area contributed by atoms with E-state index in [-0.39, 0.29) is 35.1 Å². The first-order valence-corrected chi connectivity index (χ1v) is 18.7. The highest BCUT2D eigenvalue weighted by atomic mass is 16.6. The summed E-state index contributed by atoms with van der Waals surface area (Å²) in [5, 5.41) is 28.3. The number of anilines is 1. The average molecular weight is 770 g/mol. The van der Waals surface area contributed by atoms with Gasteiger partial charge in [0.25, 0.3) is 11.4 Å².